The van der Waals surface area contributed by atoms with Gasteiger partial charge in [-0.25, -0.2) is 0 Å². The number of allylic oxidation sites excluding steroid dienone is 24. The van der Waals surface area contributed by atoms with Gasteiger partial charge in [-0.05, 0) is 94.4 Å². The molecule has 0 rings (SSSR count). The molecule has 0 aliphatic heterocycles. The van der Waals surface area contributed by atoms with Gasteiger partial charge in [0.1, 0.15) is 6.29 Å². The summed E-state index contributed by atoms with van der Waals surface area (Å²) in [5.41, 5.74) is 8.12. The standard InChI is InChI=1S/C41H58O2/c1-34(2)19-13-21-36(4)23-15-25-37(5)24-14-22-35(3)20-11-12-30-40(33-42)31-17-28-38(6)26-16-27-39(7)29-18-32-41(8,9)43-10/h11-12,14-17,19-20,22-28,30-31,33H,13,18,21,29,32H2,1-10H3/b12-11+,22-14+,25-15+,26-16+,31-17+,35-20+,36-23+,37-24+,38-28+,39-27+,40-30-. The maximum atomic E-state index is 11.5. The van der Waals surface area contributed by atoms with Crippen LogP contribution in [0.25, 0.3) is 0 Å². The second kappa shape index (κ2) is 24.0. The van der Waals surface area contributed by atoms with Crippen LogP contribution in [0.1, 0.15) is 94.4 Å². The number of hydrogen-bond donors (Lipinski definition) is 0. The minimum atomic E-state index is -0.0586. The van der Waals surface area contributed by atoms with E-state index in [1.165, 1.54) is 22.3 Å². The van der Waals surface area contributed by atoms with Crippen LogP contribution in [0, 0.1) is 0 Å². The van der Waals surface area contributed by atoms with Crippen LogP contribution in [0.15, 0.2) is 142 Å². The van der Waals surface area contributed by atoms with Gasteiger partial charge in [-0.15, -0.1) is 0 Å². The van der Waals surface area contributed by atoms with Crippen molar-refractivity contribution in [2.24, 2.45) is 0 Å². The Labute approximate surface area is 264 Å². The van der Waals surface area contributed by atoms with Gasteiger partial charge in [0.05, 0.1) is 5.60 Å². The molecule has 0 heterocycles. The molecule has 43 heavy (non-hydrogen) atoms. The largest absolute Gasteiger partial charge is 0.379 e. The van der Waals surface area contributed by atoms with E-state index in [9.17, 15) is 4.79 Å². The normalized spacial score (nSPS) is 15.3. The topological polar surface area (TPSA) is 26.3 Å². The van der Waals surface area contributed by atoms with Crippen LogP contribution >= 0.6 is 0 Å². The molecule has 0 aliphatic carbocycles. The summed E-state index contributed by atoms with van der Waals surface area (Å²) in [6.07, 6.45) is 41.0. The van der Waals surface area contributed by atoms with Gasteiger partial charge in [-0.2, -0.15) is 0 Å². The van der Waals surface area contributed by atoms with Crippen molar-refractivity contribution >= 4 is 6.29 Å². The molecule has 0 bridgehead atoms. The van der Waals surface area contributed by atoms with Crippen molar-refractivity contribution in [3.63, 3.8) is 0 Å². The van der Waals surface area contributed by atoms with Crippen molar-refractivity contribution in [2.45, 2.75) is 100 Å². The fourth-order valence-electron chi connectivity index (χ4n) is 3.72. The molecule has 0 radical (unpaired) electrons. The van der Waals surface area contributed by atoms with Crippen molar-refractivity contribution in [2.75, 3.05) is 7.11 Å². The van der Waals surface area contributed by atoms with E-state index < -0.39 is 0 Å². The van der Waals surface area contributed by atoms with Crippen LogP contribution in [-0.2, 0) is 9.53 Å². The quantitative estimate of drug-likeness (QED) is 0.0655. The van der Waals surface area contributed by atoms with Gasteiger partial charge in [0.25, 0.3) is 0 Å². The highest BCUT2D eigenvalue weighted by molar-refractivity contribution is 5.78. The number of aldehydes is 1. The first-order chi connectivity index (χ1) is 20.4. The van der Waals surface area contributed by atoms with E-state index in [0.717, 1.165) is 49.5 Å². The third-order valence-electron chi connectivity index (χ3n) is 6.73. The Bertz CT molecular complexity index is 1200. The Hall–Kier alpha value is -3.49. The number of hydrogen-bond acceptors (Lipinski definition) is 2. The third-order valence-corrected chi connectivity index (χ3v) is 6.73. The van der Waals surface area contributed by atoms with Crippen LogP contribution in [0.3, 0.4) is 0 Å². The fraction of sp³-hybridized carbons (Fsp3) is 0.390. The summed E-state index contributed by atoms with van der Waals surface area (Å²) in [4.78, 5) is 11.5. The molecule has 0 aromatic carbocycles. The number of ether oxygens (including phenoxy) is 1. The van der Waals surface area contributed by atoms with E-state index in [0.29, 0.717) is 5.57 Å². The predicted molar refractivity (Wildman–Crippen MR) is 192 cm³/mol. The van der Waals surface area contributed by atoms with E-state index in [1.807, 2.05) is 42.5 Å². The Balaban J connectivity index is 4.84. The summed E-state index contributed by atoms with van der Waals surface area (Å²) in [7, 11) is 1.77. The molecule has 0 aliphatic rings. The van der Waals surface area contributed by atoms with Gasteiger partial charge in [-0.3, -0.25) is 4.79 Å². The zero-order chi connectivity index (χ0) is 32.5. The van der Waals surface area contributed by atoms with Gasteiger partial charge in [-0.1, -0.05) is 137 Å². The molecular formula is C41H58O2. The fourth-order valence-corrected chi connectivity index (χ4v) is 3.72. The van der Waals surface area contributed by atoms with Crippen molar-refractivity contribution < 1.29 is 9.53 Å². The Kier molecular flexibility index (Phi) is 22.1. The molecule has 0 saturated carbocycles. The van der Waals surface area contributed by atoms with E-state index >= 15 is 0 Å². The summed E-state index contributed by atoms with van der Waals surface area (Å²) < 4.78 is 5.49. The zero-order valence-corrected chi connectivity index (χ0v) is 28.7. The second-order valence-electron chi connectivity index (χ2n) is 12.0. The summed E-state index contributed by atoms with van der Waals surface area (Å²) in [6, 6.07) is 0. The van der Waals surface area contributed by atoms with Crippen molar-refractivity contribution in [3.05, 3.63) is 142 Å². The highest BCUT2D eigenvalue weighted by atomic mass is 16.5. The number of carbonyl (C=O) groups is 1. The lowest BCUT2D eigenvalue weighted by Crippen LogP contribution is -2.21. The highest BCUT2D eigenvalue weighted by Gasteiger charge is 2.14. The minimum Gasteiger partial charge on any atom is -0.379 e. The van der Waals surface area contributed by atoms with Gasteiger partial charge >= 0.3 is 0 Å². The van der Waals surface area contributed by atoms with Crippen molar-refractivity contribution in [3.8, 4) is 0 Å². The molecule has 2 heteroatoms. The highest BCUT2D eigenvalue weighted by Crippen LogP contribution is 2.18. The maximum absolute atomic E-state index is 11.5. The molecule has 2 nitrogen and oxygen atoms in total. The molecule has 0 aromatic rings. The van der Waals surface area contributed by atoms with Crippen LogP contribution in [0.5, 0.6) is 0 Å². The summed E-state index contributed by atoms with van der Waals surface area (Å²) in [5.74, 6) is 0. The van der Waals surface area contributed by atoms with Gasteiger partial charge < -0.3 is 4.74 Å². The van der Waals surface area contributed by atoms with E-state index in [1.54, 1.807) is 7.11 Å². The Morgan fingerprint density at radius 3 is 1.58 bits per heavy atom. The third kappa shape index (κ3) is 24.8. The number of carbonyl (C=O) groups excluding carboxylic acids is 1. The molecule has 0 atom stereocenters. The number of rotatable bonds is 19. The molecular weight excluding hydrogens is 524 g/mol. The molecule has 234 valence electrons. The predicted octanol–water partition coefficient (Wildman–Crippen LogP) is 12.0. The molecule has 0 saturated heterocycles. The molecule has 0 amide bonds. The average Bonchev–Trinajstić information content (AvgIpc) is 2.94. The minimum absolute atomic E-state index is 0.0586. The van der Waals surface area contributed by atoms with Crippen LogP contribution < -0.4 is 0 Å². The summed E-state index contributed by atoms with van der Waals surface area (Å²) >= 11 is 0. The summed E-state index contributed by atoms with van der Waals surface area (Å²) in [6.45, 7) is 19.1. The Morgan fingerprint density at radius 1 is 0.605 bits per heavy atom. The average molecular weight is 583 g/mol. The lowest BCUT2D eigenvalue weighted by Gasteiger charge is -2.22. The first-order valence-corrected chi connectivity index (χ1v) is 15.4. The van der Waals surface area contributed by atoms with Crippen LogP contribution in [0.4, 0.5) is 0 Å². The first kappa shape index (κ1) is 39.5. The van der Waals surface area contributed by atoms with Crippen molar-refractivity contribution in [1.82, 2.24) is 0 Å². The second-order valence-corrected chi connectivity index (χ2v) is 12.0. The smallest absolute Gasteiger partial charge is 0.150 e. The molecule has 0 N–H and O–H groups in total. The van der Waals surface area contributed by atoms with Gasteiger partial charge in [0.15, 0.2) is 0 Å². The first-order valence-electron chi connectivity index (χ1n) is 15.4. The zero-order valence-electron chi connectivity index (χ0n) is 28.7. The van der Waals surface area contributed by atoms with E-state index in [-0.39, 0.29) is 5.60 Å². The van der Waals surface area contributed by atoms with E-state index in [2.05, 4.69) is 123 Å². The SMILES string of the molecule is COC(C)(C)CCC/C(C)=C/C=C/C(C)=C/C=C/C(C=O)=C/C=C/C=C(C)/C=C/C=C(C)/C=C/C=C(\C)CCC=C(C)C. The van der Waals surface area contributed by atoms with Crippen LogP contribution in [-0.4, -0.2) is 19.0 Å². The van der Waals surface area contributed by atoms with E-state index in [4.69, 9.17) is 4.74 Å². The van der Waals surface area contributed by atoms with Crippen molar-refractivity contribution in [1.29, 1.82) is 0 Å². The van der Waals surface area contributed by atoms with Crippen LogP contribution in [0.2, 0.25) is 0 Å². The monoisotopic (exact) mass is 582 g/mol. The van der Waals surface area contributed by atoms with Gasteiger partial charge in [0, 0.05) is 12.7 Å². The molecule has 0 fully saturated rings. The molecule has 0 unspecified atom stereocenters. The maximum Gasteiger partial charge on any atom is 0.150 e. The summed E-state index contributed by atoms with van der Waals surface area (Å²) in [5, 5.41) is 0. The molecule has 0 spiro atoms. The Morgan fingerprint density at radius 2 is 1.07 bits per heavy atom. The molecule has 0 aromatic heterocycles. The number of methoxy groups -OCH3 is 1. The lowest BCUT2D eigenvalue weighted by atomic mass is 9.99. The lowest BCUT2D eigenvalue weighted by molar-refractivity contribution is -0.104. The van der Waals surface area contributed by atoms with Gasteiger partial charge in [0.2, 0.25) is 0 Å².